The Hall–Kier alpha value is -1.66. The highest BCUT2D eigenvalue weighted by molar-refractivity contribution is 5.94. The fourth-order valence-corrected chi connectivity index (χ4v) is 1.68. The molecule has 110 valence electrons. The normalized spacial score (nSPS) is 13.8. The van der Waals surface area contributed by atoms with E-state index in [2.05, 4.69) is 16.0 Å². The lowest BCUT2D eigenvalue weighted by atomic mass is 10.0. The summed E-state index contributed by atoms with van der Waals surface area (Å²) in [5, 5.41) is 8.42. The van der Waals surface area contributed by atoms with Crippen LogP contribution in [0, 0.1) is 11.7 Å². The molecule has 0 aliphatic carbocycles. The van der Waals surface area contributed by atoms with Crippen LogP contribution in [-0.4, -0.2) is 38.0 Å². The maximum atomic E-state index is 12.7. The molecule has 2 amide bonds. The zero-order valence-corrected chi connectivity index (χ0v) is 11.6. The van der Waals surface area contributed by atoms with Crippen molar-refractivity contribution in [2.75, 3.05) is 26.2 Å². The summed E-state index contributed by atoms with van der Waals surface area (Å²) >= 11 is 0. The Balaban J connectivity index is 0.00000200. The van der Waals surface area contributed by atoms with Crippen molar-refractivity contribution in [1.29, 1.82) is 0 Å². The quantitative estimate of drug-likeness (QED) is 0.686. The minimum atomic E-state index is -0.377. The first-order valence-electron chi connectivity index (χ1n) is 6.19. The third-order valence-corrected chi connectivity index (χ3v) is 2.97. The van der Waals surface area contributed by atoms with Gasteiger partial charge >= 0.3 is 0 Å². The molecule has 1 saturated heterocycles. The molecule has 5 nitrogen and oxygen atoms in total. The Bertz CT molecular complexity index is 463. The lowest BCUT2D eigenvalue weighted by Gasteiger charge is -2.25. The Morgan fingerprint density at radius 3 is 2.30 bits per heavy atom. The van der Waals surface area contributed by atoms with Crippen LogP contribution in [0.4, 0.5) is 4.39 Å². The summed E-state index contributed by atoms with van der Waals surface area (Å²) < 4.78 is 12.7. The van der Waals surface area contributed by atoms with Crippen LogP contribution in [0.3, 0.4) is 0 Å². The fourth-order valence-electron chi connectivity index (χ4n) is 1.68. The molecule has 0 bridgehead atoms. The van der Waals surface area contributed by atoms with Gasteiger partial charge in [0.15, 0.2) is 0 Å². The van der Waals surface area contributed by atoms with Gasteiger partial charge in [-0.15, -0.1) is 12.4 Å². The first-order valence-corrected chi connectivity index (χ1v) is 6.19. The van der Waals surface area contributed by atoms with Crippen molar-refractivity contribution in [3.05, 3.63) is 35.6 Å². The molecule has 0 spiro atoms. The van der Waals surface area contributed by atoms with Gasteiger partial charge in [0.25, 0.3) is 5.91 Å². The van der Waals surface area contributed by atoms with Gasteiger partial charge in [0.2, 0.25) is 5.91 Å². The summed E-state index contributed by atoms with van der Waals surface area (Å²) in [7, 11) is 0. The SMILES string of the molecule is Cl.O=C(NCCNC(=O)C1CNC1)c1ccc(F)cc1. The first kappa shape index (κ1) is 16.4. The molecule has 1 aromatic rings. The Kier molecular flexibility index (Phi) is 6.41. The van der Waals surface area contributed by atoms with Gasteiger partial charge in [-0.05, 0) is 24.3 Å². The number of rotatable bonds is 5. The van der Waals surface area contributed by atoms with Crippen molar-refractivity contribution in [3.8, 4) is 0 Å². The van der Waals surface area contributed by atoms with Crippen LogP contribution in [0.15, 0.2) is 24.3 Å². The van der Waals surface area contributed by atoms with E-state index in [-0.39, 0.29) is 36.0 Å². The molecule has 1 aliphatic heterocycles. The van der Waals surface area contributed by atoms with E-state index in [1.54, 1.807) is 0 Å². The largest absolute Gasteiger partial charge is 0.354 e. The van der Waals surface area contributed by atoms with E-state index in [0.717, 1.165) is 0 Å². The predicted octanol–water partition coefficient (Wildman–Crippen LogP) is 0.313. The summed E-state index contributed by atoms with van der Waals surface area (Å²) in [4.78, 5) is 23.1. The van der Waals surface area contributed by atoms with Crippen molar-refractivity contribution in [1.82, 2.24) is 16.0 Å². The van der Waals surface area contributed by atoms with E-state index in [4.69, 9.17) is 0 Å². The molecule has 0 saturated carbocycles. The minimum absolute atomic E-state index is 0. The highest BCUT2D eigenvalue weighted by Crippen LogP contribution is 2.02. The number of hydrogen-bond donors (Lipinski definition) is 3. The number of carbonyl (C=O) groups excluding carboxylic acids is 2. The van der Waals surface area contributed by atoms with E-state index in [0.29, 0.717) is 31.7 Å². The van der Waals surface area contributed by atoms with Crippen LogP contribution in [0.2, 0.25) is 0 Å². The van der Waals surface area contributed by atoms with Crippen LogP contribution in [0.25, 0.3) is 0 Å². The second-order valence-corrected chi connectivity index (χ2v) is 4.41. The van der Waals surface area contributed by atoms with E-state index in [1.807, 2.05) is 0 Å². The zero-order valence-electron chi connectivity index (χ0n) is 10.8. The molecule has 7 heteroatoms. The maximum Gasteiger partial charge on any atom is 0.251 e. The monoisotopic (exact) mass is 301 g/mol. The lowest BCUT2D eigenvalue weighted by Crippen LogP contribution is -2.51. The van der Waals surface area contributed by atoms with Crippen molar-refractivity contribution < 1.29 is 14.0 Å². The molecule has 0 atom stereocenters. The van der Waals surface area contributed by atoms with Crippen LogP contribution >= 0.6 is 12.4 Å². The molecule has 0 radical (unpaired) electrons. The number of benzene rings is 1. The summed E-state index contributed by atoms with van der Waals surface area (Å²) in [5.74, 6) is -0.597. The molecule has 0 aromatic heterocycles. The van der Waals surface area contributed by atoms with Gasteiger partial charge in [0.1, 0.15) is 5.82 Å². The minimum Gasteiger partial charge on any atom is -0.354 e. The van der Waals surface area contributed by atoms with Gasteiger partial charge in [0.05, 0.1) is 5.92 Å². The summed E-state index contributed by atoms with van der Waals surface area (Å²) in [6.07, 6.45) is 0. The average molecular weight is 302 g/mol. The fraction of sp³-hybridized carbons (Fsp3) is 0.385. The van der Waals surface area contributed by atoms with Gasteiger partial charge in [0, 0.05) is 31.7 Å². The predicted molar refractivity (Wildman–Crippen MR) is 75.4 cm³/mol. The van der Waals surface area contributed by atoms with Gasteiger partial charge in [-0.2, -0.15) is 0 Å². The molecule has 1 heterocycles. The molecular weight excluding hydrogens is 285 g/mol. The van der Waals surface area contributed by atoms with Crippen LogP contribution in [0.5, 0.6) is 0 Å². The van der Waals surface area contributed by atoms with E-state index >= 15 is 0 Å². The van der Waals surface area contributed by atoms with Gasteiger partial charge in [-0.1, -0.05) is 0 Å². The molecule has 1 aromatic carbocycles. The third kappa shape index (κ3) is 4.47. The Morgan fingerprint density at radius 1 is 1.15 bits per heavy atom. The molecular formula is C13H17ClFN3O2. The smallest absolute Gasteiger partial charge is 0.251 e. The Labute approximate surface area is 122 Å². The molecule has 0 unspecified atom stereocenters. The van der Waals surface area contributed by atoms with Crippen molar-refractivity contribution >= 4 is 24.2 Å². The first-order chi connectivity index (χ1) is 9.16. The average Bonchev–Trinajstić information content (AvgIpc) is 2.33. The lowest BCUT2D eigenvalue weighted by molar-refractivity contribution is -0.126. The van der Waals surface area contributed by atoms with Gasteiger partial charge in [-0.3, -0.25) is 9.59 Å². The second kappa shape index (κ2) is 7.81. The molecule has 2 rings (SSSR count). The van der Waals surface area contributed by atoms with E-state index in [1.165, 1.54) is 24.3 Å². The zero-order chi connectivity index (χ0) is 13.7. The Morgan fingerprint density at radius 2 is 1.75 bits per heavy atom. The molecule has 3 N–H and O–H groups in total. The van der Waals surface area contributed by atoms with Crippen molar-refractivity contribution in [2.45, 2.75) is 0 Å². The summed E-state index contributed by atoms with van der Waals surface area (Å²) in [5.41, 5.74) is 0.399. The van der Waals surface area contributed by atoms with E-state index in [9.17, 15) is 14.0 Å². The maximum absolute atomic E-state index is 12.7. The molecule has 1 aliphatic rings. The highest BCUT2D eigenvalue weighted by atomic mass is 35.5. The van der Waals surface area contributed by atoms with E-state index < -0.39 is 0 Å². The van der Waals surface area contributed by atoms with Crippen molar-refractivity contribution in [3.63, 3.8) is 0 Å². The number of hydrogen-bond acceptors (Lipinski definition) is 3. The van der Waals surface area contributed by atoms with Crippen LogP contribution < -0.4 is 16.0 Å². The topological polar surface area (TPSA) is 70.2 Å². The van der Waals surface area contributed by atoms with Crippen molar-refractivity contribution in [2.24, 2.45) is 5.92 Å². The highest BCUT2D eigenvalue weighted by Gasteiger charge is 2.24. The summed E-state index contributed by atoms with van der Waals surface area (Å²) in [6, 6.07) is 5.31. The van der Waals surface area contributed by atoms with Gasteiger partial charge < -0.3 is 16.0 Å². The molecule has 1 fully saturated rings. The second-order valence-electron chi connectivity index (χ2n) is 4.41. The number of amides is 2. The number of halogens is 2. The van der Waals surface area contributed by atoms with Crippen LogP contribution in [0.1, 0.15) is 10.4 Å². The number of nitrogens with one attached hydrogen (secondary N) is 3. The van der Waals surface area contributed by atoms with Crippen LogP contribution in [-0.2, 0) is 4.79 Å². The number of carbonyl (C=O) groups is 2. The summed E-state index contributed by atoms with van der Waals surface area (Å²) in [6.45, 7) is 2.17. The molecule has 20 heavy (non-hydrogen) atoms. The van der Waals surface area contributed by atoms with Gasteiger partial charge in [-0.25, -0.2) is 4.39 Å². The standard InChI is InChI=1S/C13H16FN3O2.ClH/c14-11-3-1-9(2-4-11)12(18)16-5-6-17-13(19)10-7-15-8-10;/h1-4,10,15H,5-8H2,(H,16,18)(H,17,19);1H. The third-order valence-electron chi connectivity index (χ3n) is 2.97.